The van der Waals surface area contributed by atoms with Crippen LogP contribution in [0.3, 0.4) is 0 Å². The fraction of sp³-hybridized carbons (Fsp3) is 0.717. The van der Waals surface area contributed by atoms with Crippen molar-refractivity contribution in [1.82, 2.24) is 0 Å². The van der Waals surface area contributed by atoms with Gasteiger partial charge in [-0.15, -0.1) is 0 Å². The van der Waals surface area contributed by atoms with Crippen molar-refractivity contribution >= 4 is 17.9 Å². The van der Waals surface area contributed by atoms with Gasteiger partial charge < -0.3 is 23.8 Å². The van der Waals surface area contributed by atoms with Crippen molar-refractivity contribution in [2.75, 3.05) is 41.0 Å². The maximum atomic E-state index is 12.7. The summed E-state index contributed by atoms with van der Waals surface area (Å²) in [6.07, 6.45) is 44.2. The maximum Gasteiger partial charge on any atom is 0.362 e. The van der Waals surface area contributed by atoms with E-state index in [1.165, 1.54) is 70.6 Å². The number of allylic oxidation sites excluding steroid dienone is 10. The average Bonchev–Trinajstić information content (AvgIpc) is 3.12. The summed E-state index contributed by atoms with van der Waals surface area (Å²) in [6, 6.07) is -0.627. The average molecular weight is 759 g/mol. The number of carboxylic acid groups (broad SMARTS) is 1. The van der Waals surface area contributed by atoms with E-state index in [1.807, 2.05) is 33.3 Å². The molecular weight excluding hydrogens is 679 g/mol. The lowest BCUT2D eigenvalue weighted by atomic mass is 10.0. The third kappa shape index (κ3) is 34.8. The Kier molecular flexibility index (Phi) is 34.9. The third-order valence-corrected chi connectivity index (χ3v) is 9.20. The Morgan fingerprint density at radius 2 is 1.04 bits per heavy atom. The Balaban J connectivity index is 4.49. The second kappa shape index (κ2) is 37.0. The highest BCUT2D eigenvalue weighted by atomic mass is 16.6. The standard InChI is InChI=1S/C46H79NO7/c1-6-8-10-12-14-16-18-20-22-23-25-27-29-31-33-35-37-45(49)54-42(40-52-39-38-43(46(50)51)47(3,4)5)41-53-44(48)36-34-32-30-28-26-24-21-19-17-15-13-11-9-7-2/h8,10,14,16,20,22,25,27,31,33,42-43H,6-7,9,11-13,15,17-19,21,23-24,26,28-30,32,34-41H2,1-5H3/p+1/b10-8+,16-14+,22-20+,27-25+,33-31+. The monoisotopic (exact) mass is 759 g/mol. The summed E-state index contributed by atoms with van der Waals surface area (Å²) in [7, 11) is 5.49. The summed E-state index contributed by atoms with van der Waals surface area (Å²) in [6.45, 7) is 4.53. The van der Waals surface area contributed by atoms with E-state index in [-0.39, 0.29) is 42.7 Å². The molecule has 0 rings (SSSR count). The van der Waals surface area contributed by atoms with Gasteiger partial charge in [-0.3, -0.25) is 9.59 Å². The molecule has 0 aliphatic rings. The first-order valence-corrected chi connectivity index (χ1v) is 21.3. The van der Waals surface area contributed by atoms with Crippen LogP contribution in [0.25, 0.3) is 0 Å². The van der Waals surface area contributed by atoms with Crippen molar-refractivity contribution in [2.24, 2.45) is 0 Å². The largest absolute Gasteiger partial charge is 0.477 e. The zero-order valence-electron chi connectivity index (χ0n) is 35.2. The lowest BCUT2D eigenvalue weighted by Gasteiger charge is -2.31. The number of aliphatic carboxylic acids is 1. The van der Waals surface area contributed by atoms with Gasteiger partial charge in [-0.2, -0.15) is 0 Å². The highest BCUT2D eigenvalue weighted by Crippen LogP contribution is 2.14. The van der Waals surface area contributed by atoms with E-state index in [1.54, 1.807) is 0 Å². The van der Waals surface area contributed by atoms with Gasteiger partial charge in [0.15, 0.2) is 12.1 Å². The molecule has 0 bridgehead atoms. The molecule has 0 saturated carbocycles. The second-order valence-electron chi connectivity index (χ2n) is 15.2. The van der Waals surface area contributed by atoms with Crippen LogP contribution in [-0.2, 0) is 28.6 Å². The molecule has 0 aliphatic heterocycles. The van der Waals surface area contributed by atoms with E-state index in [9.17, 15) is 19.5 Å². The van der Waals surface area contributed by atoms with Crippen molar-refractivity contribution in [2.45, 2.75) is 174 Å². The zero-order valence-corrected chi connectivity index (χ0v) is 35.2. The molecule has 0 heterocycles. The van der Waals surface area contributed by atoms with Gasteiger partial charge in [0.25, 0.3) is 0 Å². The summed E-state index contributed by atoms with van der Waals surface area (Å²) in [4.78, 5) is 36.9. The topological polar surface area (TPSA) is 99.1 Å². The zero-order chi connectivity index (χ0) is 40.0. The number of esters is 2. The van der Waals surface area contributed by atoms with E-state index in [4.69, 9.17) is 14.2 Å². The summed E-state index contributed by atoms with van der Waals surface area (Å²) in [5, 5.41) is 9.60. The molecule has 0 aliphatic carbocycles. The van der Waals surface area contributed by atoms with E-state index in [0.717, 1.165) is 51.4 Å². The number of hydrogen-bond acceptors (Lipinski definition) is 6. The third-order valence-electron chi connectivity index (χ3n) is 9.20. The Morgan fingerprint density at radius 1 is 0.574 bits per heavy atom. The van der Waals surface area contributed by atoms with Crippen LogP contribution in [0.5, 0.6) is 0 Å². The van der Waals surface area contributed by atoms with Crippen LogP contribution in [0.4, 0.5) is 0 Å². The highest BCUT2D eigenvalue weighted by Gasteiger charge is 2.31. The van der Waals surface area contributed by atoms with Crippen LogP contribution in [0.15, 0.2) is 60.8 Å². The van der Waals surface area contributed by atoms with Crippen LogP contribution < -0.4 is 0 Å². The Bertz CT molecular complexity index is 1070. The van der Waals surface area contributed by atoms with Gasteiger partial charge in [0, 0.05) is 19.3 Å². The smallest absolute Gasteiger partial charge is 0.362 e. The van der Waals surface area contributed by atoms with Gasteiger partial charge in [0.05, 0.1) is 34.4 Å². The van der Waals surface area contributed by atoms with Crippen molar-refractivity contribution in [3.05, 3.63) is 60.8 Å². The number of likely N-dealkylation sites (N-methyl/N-ethyl adjacent to an activating group) is 1. The molecule has 8 nitrogen and oxygen atoms in total. The summed E-state index contributed by atoms with van der Waals surface area (Å²) < 4.78 is 17.2. The fourth-order valence-electron chi connectivity index (χ4n) is 5.90. The number of carbonyl (C=O) groups excluding carboxylic acids is 2. The number of carbonyl (C=O) groups is 3. The van der Waals surface area contributed by atoms with Crippen molar-refractivity contribution in [3.8, 4) is 0 Å². The molecule has 0 aromatic heterocycles. The lowest BCUT2D eigenvalue weighted by molar-refractivity contribution is -0.887. The molecule has 8 heteroatoms. The minimum absolute atomic E-state index is 0.0308. The van der Waals surface area contributed by atoms with Crippen LogP contribution >= 0.6 is 0 Å². The highest BCUT2D eigenvalue weighted by molar-refractivity contribution is 5.72. The van der Waals surface area contributed by atoms with Gasteiger partial charge in [-0.25, -0.2) is 4.79 Å². The number of quaternary nitrogens is 1. The van der Waals surface area contributed by atoms with Crippen LogP contribution in [0.1, 0.15) is 162 Å². The molecule has 54 heavy (non-hydrogen) atoms. The van der Waals surface area contributed by atoms with Crippen molar-refractivity contribution < 1.29 is 38.2 Å². The molecule has 0 fully saturated rings. The molecule has 0 aromatic carbocycles. The van der Waals surface area contributed by atoms with Gasteiger partial charge in [-0.05, 0) is 44.9 Å². The van der Waals surface area contributed by atoms with Crippen molar-refractivity contribution in [3.63, 3.8) is 0 Å². The van der Waals surface area contributed by atoms with Crippen LogP contribution in [0.2, 0.25) is 0 Å². The Hall–Kier alpha value is -2.97. The number of carboxylic acids is 1. The van der Waals surface area contributed by atoms with E-state index < -0.39 is 18.1 Å². The Labute approximate surface area is 330 Å². The lowest BCUT2D eigenvalue weighted by Crippen LogP contribution is -2.50. The fourth-order valence-corrected chi connectivity index (χ4v) is 5.90. The minimum atomic E-state index is -0.887. The van der Waals surface area contributed by atoms with Crippen LogP contribution in [-0.4, -0.2) is 80.6 Å². The molecule has 1 N–H and O–H groups in total. The molecule has 2 atom stereocenters. The van der Waals surface area contributed by atoms with E-state index in [2.05, 4.69) is 62.5 Å². The van der Waals surface area contributed by atoms with Gasteiger partial charge in [0.1, 0.15) is 6.61 Å². The molecular formula is C46H80NO7+. The first kappa shape index (κ1) is 51.0. The Morgan fingerprint density at radius 3 is 1.50 bits per heavy atom. The van der Waals surface area contributed by atoms with Gasteiger partial charge >= 0.3 is 17.9 Å². The molecule has 0 saturated heterocycles. The van der Waals surface area contributed by atoms with Gasteiger partial charge in [0.2, 0.25) is 0 Å². The maximum absolute atomic E-state index is 12.7. The normalized spacial score (nSPS) is 13.6. The van der Waals surface area contributed by atoms with Crippen LogP contribution in [0, 0.1) is 0 Å². The quantitative estimate of drug-likeness (QED) is 0.0291. The van der Waals surface area contributed by atoms with Gasteiger partial charge in [-0.1, -0.05) is 158 Å². The van der Waals surface area contributed by atoms with E-state index in [0.29, 0.717) is 19.3 Å². The molecule has 2 unspecified atom stereocenters. The molecule has 310 valence electrons. The predicted octanol–water partition coefficient (Wildman–Crippen LogP) is 11.4. The number of rotatable bonds is 37. The summed E-state index contributed by atoms with van der Waals surface area (Å²) in [5.41, 5.74) is 0. The predicted molar refractivity (Wildman–Crippen MR) is 224 cm³/mol. The molecule has 0 spiro atoms. The summed E-state index contributed by atoms with van der Waals surface area (Å²) >= 11 is 0. The molecule has 0 radical (unpaired) electrons. The first-order chi connectivity index (χ1) is 26.1. The second-order valence-corrected chi connectivity index (χ2v) is 15.2. The SMILES string of the molecule is CC/C=C/C/C=C/C/C=C/C/C=C/C/C=C/CCC(=O)OC(COCCC(C(=O)O)[N+](C)(C)C)COC(=O)CCCCCCCCCCCCCCCC. The minimum Gasteiger partial charge on any atom is -0.477 e. The number of ether oxygens (including phenoxy) is 3. The van der Waals surface area contributed by atoms with E-state index >= 15 is 0 Å². The summed E-state index contributed by atoms with van der Waals surface area (Å²) in [5.74, 6) is -1.58. The number of hydrogen-bond donors (Lipinski definition) is 1. The number of unbranched alkanes of at least 4 members (excludes halogenated alkanes) is 13. The van der Waals surface area contributed by atoms with Crippen molar-refractivity contribution in [1.29, 1.82) is 0 Å². The molecule has 0 amide bonds. The first-order valence-electron chi connectivity index (χ1n) is 21.3. The number of nitrogens with zero attached hydrogens (tertiary/aromatic N) is 1. The molecule has 0 aromatic rings.